The highest BCUT2D eigenvalue weighted by molar-refractivity contribution is 5.41. The number of nitrogens with one attached hydrogen (secondary N) is 1. The average molecular weight is 259 g/mol. The van der Waals surface area contributed by atoms with Gasteiger partial charge >= 0.3 is 0 Å². The molecule has 0 unspecified atom stereocenters. The van der Waals surface area contributed by atoms with E-state index in [9.17, 15) is 4.39 Å². The summed E-state index contributed by atoms with van der Waals surface area (Å²) in [6, 6.07) is 6.95. The molecule has 0 saturated carbocycles. The molecule has 0 saturated heterocycles. The van der Waals surface area contributed by atoms with Crippen LogP contribution in [0.4, 0.5) is 4.39 Å². The zero-order chi connectivity index (χ0) is 13.8. The van der Waals surface area contributed by atoms with Crippen LogP contribution in [0.3, 0.4) is 0 Å². The Morgan fingerprint density at radius 1 is 1.47 bits per heavy atom. The molecule has 2 aromatic rings. The molecule has 1 aromatic heterocycles. The van der Waals surface area contributed by atoms with Gasteiger partial charge in [-0.3, -0.25) is 0 Å². The van der Waals surface area contributed by atoms with Crippen LogP contribution in [0.5, 0.6) is 0 Å². The van der Waals surface area contributed by atoms with Crippen LogP contribution in [0.1, 0.15) is 25.2 Å². The highest BCUT2D eigenvalue weighted by Gasteiger charge is 2.12. The number of para-hydroxylation sites is 1. The lowest BCUT2D eigenvalue weighted by Crippen LogP contribution is -2.23. The third kappa shape index (κ3) is 2.95. The van der Waals surface area contributed by atoms with Crippen molar-refractivity contribution < 1.29 is 4.39 Å². The molecule has 2 rings (SSSR count). The van der Waals surface area contributed by atoms with Gasteiger partial charge in [-0.05, 0) is 11.6 Å². The van der Waals surface area contributed by atoms with Gasteiger partial charge in [0.2, 0.25) is 0 Å². The highest BCUT2D eigenvalue weighted by Crippen LogP contribution is 2.18. The van der Waals surface area contributed by atoms with Crippen LogP contribution in [0.15, 0.2) is 24.5 Å². The molecule has 98 valence electrons. The first-order valence-corrected chi connectivity index (χ1v) is 5.94. The van der Waals surface area contributed by atoms with Crippen molar-refractivity contribution in [1.29, 1.82) is 5.26 Å². The molecule has 0 fully saturated rings. The van der Waals surface area contributed by atoms with Crippen molar-refractivity contribution in [3.05, 3.63) is 41.7 Å². The van der Waals surface area contributed by atoms with Crippen LogP contribution in [-0.4, -0.2) is 20.8 Å². The van der Waals surface area contributed by atoms with E-state index >= 15 is 0 Å². The van der Waals surface area contributed by atoms with Crippen LogP contribution in [-0.2, 0) is 6.54 Å². The number of nitriles is 1. The van der Waals surface area contributed by atoms with E-state index in [0.717, 1.165) is 5.56 Å². The second-order valence-corrected chi connectivity index (χ2v) is 4.41. The van der Waals surface area contributed by atoms with Crippen molar-refractivity contribution in [2.45, 2.75) is 26.4 Å². The van der Waals surface area contributed by atoms with Crippen LogP contribution < -0.4 is 5.32 Å². The second-order valence-electron chi connectivity index (χ2n) is 4.41. The maximum absolute atomic E-state index is 14.0. The minimum Gasteiger partial charge on any atom is -0.310 e. The quantitative estimate of drug-likeness (QED) is 0.908. The van der Waals surface area contributed by atoms with E-state index in [0.29, 0.717) is 18.3 Å². The van der Waals surface area contributed by atoms with Gasteiger partial charge in [-0.2, -0.15) is 5.26 Å². The van der Waals surface area contributed by atoms with Gasteiger partial charge in [-0.25, -0.2) is 14.1 Å². The van der Waals surface area contributed by atoms with Gasteiger partial charge in [0.1, 0.15) is 23.9 Å². The topological polar surface area (TPSA) is 66.5 Å². The monoisotopic (exact) mass is 259 g/mol. The molecule has 5 nitrogen and oxygen atoms in total. The van der Waals surface area contributed by atoms with Crippen molar-refractivity contribution >= 4 is 0 Å². The normalized spacial score (nSPS) is 10.7. The van der Waals surface area contributed by atoms with Gasteiger partial charge in [-0.1, -0.05) is 26.0 Å². The van der Waals surface area contributed by atoms with Crippen molar-refractivity contribution in [2.24, 2.45) is 0 Å². The Bertz CT molecular complexity index is 612. The summed E-state index contributed by atoms with van der Waals surface area (Å²) in [6.07, 6.45) is 1.34. The van der Waals surface area contributed by atoms with Crippen LogP contribution in [0.25, 0.3) is 5.69 Å². The largest absolute Gasteiger partial charge is 0.310 e. The zero-order valence-corrected chi connectivity index (χ0v) is 10.8. The Labute approximate surface area is 110 Å². The summed E-state index contributed by atoms with van der Waals surface area (Å²) >= 11 is 0. The van der Waals surface area contributed by atoms with E-state index in [1.54, 1.807) is 6.07 Å². The molecule has 0 amide bonds. The maximum atomic E-state index is 14.0. The van der Waals surface area contributed by atoms with Crippen LogP contribution in [0.2, 0.25) is 0 Å². The number of rotatable bonds is 4. The van der Waals surface area contributed by atoms with E-state index in [-0.39, 0.29) is 5.82 Å². The van der Waals surface area contributed by atoms with E-state index in [1.807, 2.05) is 26.0 Å². The molecule has 0 aliphatic heterocycles. The smallest absolute Gasteiger partial charge is 0.252 e. The Balaban J connectivity index is 2.40. The minimum atomic E-state index is -0.391. The summed E-state index contributed by atoms with van der Waals surface area (Å²) in [4.78, 5) is 3.79. The fourth-order valence-electron chi connectivity index (χ4n) is 1.70. The number of hydrogen-bond acceptors (Lipinski definition) is 4. The SMILES string of the molecule is CC(C)NCc1cccc(F)c1-n1cnc(C#N)n1. The molecule has 0 spiro atoms. The average Bonchev–Trinajstić information content (AvgIpc) is 2.84. The fourth-order valence-corrected chi connectivity index (χ4v) is 1.70. The molecule has 0 atom stereocenters. The lowest BCUT2D eigenvalue weighted by Gasteiger charge is -2.12. The minimum absolute atomic E-state index is 0.0195. The lowest BCUT2D eigenvalue weighted by atomic mass is 10.1. The Hall–Kier alpha value is -2.26. The van der Waals surface area contributed by atoms with E-state index < -0.39 is 5.82 Å². The second kappa shape index (κ2) is 5.59. The Morgan fingerprint density at radius 3 is 2.89 bits per heavy atom. The maximum Gasteiger partial charge on any atom is 0.252 e. The summed E-state index contributed by atoms with van der Waals surface area (Å²) < 4.78 is 15.3. The number of hydrogen-bond donors (Lipinski definition) is 1. The number of aromatic nitrogens is 3. The highest BCUT2D eigenvalue weighted by atomic mass is 19.1. The van der Waals surface area contributed by atoms with Gasteiger partial charge in [-0.15, -0.1) is 5.10 Å². The van der Waals surface area contributed by atoms with E-state index in [1.165, 1.54) is 17.1 Å². The summed E-state index contributed by atoms with van der Waals surface area (Å²) in [6.45, 7) is 4.55. The van der Waals surface area contributed by atoms with Crippen molar-refractivity contribution in [3.63, 3.8) is 0 Å². The molecular formula is C13H14FN5. The molecule has 1 N–H and O–H groups in total. The molecular weight excluding hydrogens is 245 g/mol. The van der Waals surface area contributed by atoms with Gasteiger partial charge in [0, 0.05) is 12.6 Å². The van der Waals surface area contributed by atoms with Crippen molar-refractivity contribution in [2.75, 3.05) is 0 Å². The third-order valence-corrected chi connectivity index (χ3v) is 2.59. The van der Waals surface area contributed by atoms with E-state index in [4.69, 9.17) is 5.26 Å². The lowest BCUT2D eigenvalue weighted by molar-refractivity contribution is 0.572. The van der Waals surface area contributed by atoms with Gasteiger partial charge in [0.25, 0.3) is 5.82 Å². The molecule has 1 heterocycles. The summed E-state index contributed by atoms with van der Waals surface area (Å²) in [5.41, 5.74) is 1.09. The van der Waals surface area contributed by atoms with Crippen LogP contribution >= 0.6 is 0 Å². The number of halogens is 1. The summed E-state index contributed by atoms with van der Waals surface area (Å²) in [5.74, 6) is -0.372. The first-order valence-electron chi connectivity index (χ1n) is 5.94. The first kappa shape index (κ1) is 13.2. The van der Waals surface area contributed by atoms with Gasteiger partial charge in [0.05, 0.1) is 0 Å². The number of benzene rings is 1. The van der Waals surface area contributed by atoms with Crippen molar-refractivity contribution in [1.82, 2.24) is 20.1 Å². The Morgan fingerprint density at radius 2 is 2.26 bits per heavy atom. The summed E-state index contributed by atoms with van der Waals surface area (Å²) in [7, 11) is 0. The molecule has 6 heteroatoms. The third-order valence-electron chi connectivity index (χ3n) is 2.59. The predicted molar refractivity (Wildman–Crippen MR) is 68.0 cm³/mol. The van der Waals surface area contributed by atoms with E-state index in [2.05, 4.69) is 15.4 Å². The zero-order valence-electron chi connectivity index (χ0n) is 10.8. The Kier molecular flexibility index (Phi) is 3.88. The molecule has 0 aliphatic carbocycles. The molecule has 1 aromatic carbocycles. The van der Waals surface area contributed by atoms with Gasteiger partial charge in [0.15, 0.2) is 0 Å². The summed E-state index contributed by atoms with van der Waals surface area (Å²) in [5, 5.41) is 15.9. The number of nitrogens with zero attached hydrogens (tertiary/aromatic N) is 4. The standard InChI is InChI=1S/C13H14FN5/c1-9(2)16-7-10-4-3-5-11(14)13(10)19-8-17-12(6-15)18-19/h3-5,8-9,16H,7H2,1-2H3. The molecule has 19 heavy (non-hydrogen) atoms. The van der Waals surface area contributed by atoms with Gasteiger partial charge < -0.3 is 5.32 Å². The van der Waals surface area contributed by atoms with Crippen molar-refractivity contribution in [3.8, 4) is 11.8 Å². The fraction of sp³-hybridized carbons (Fsp3) is 0.308. The predicted octanol–water partition coefficient (Wildman–Crippen LogP) is 1.78. The molecule has 0 aliphatic rings. The first-order chi connectivity index (χ1) is 9.11. The molecule has 0 radical (unpaired) electrons. The van der Waals surface area contributed by atoms with Crippen LogP contribution in [0, 0.1) is 17.1 Å². The molecule has 0 bridgehead atoms.